The second-order valence-electron chi connectivity index (χ2n) is 5.74. The lowest BCUT2D eigenvalue weighted by Gasteiger charge is -2.30. The molecule has 1 saturated carbocycles. The van der Waals surface area contributed by atoms with Crippen molar-refractivity contribution in [2.24, 2.45) is 5.92 Å². The van der Waals surface area contributed by atoms with E-state index in [4.69, 9.17) is 4.74 Å². The molecule has 88 valence electrons. The molecule has 0 amide bonds. The fraction of sp³-hybridized carbons (Fsp3) is 0.846. The fourth-order valence-corrected chi connectivity index (χ4v) is 2.03. The van der Waals surface area contributed by atoms with E-state index in [0.717, 1.165) is 11.8 Å². The fourth-order valence-electron chi connectivity index (χ4n) is 2.03. The molecule has 0 saturated heterocycles. The van der Waals surface area contributed by atoms with E-state index < -0.39 is 0 Å². The van der Waals surface area contributed by atoms with Gasteiger partial charge in [0.1, 0.15) is 5.60 Å². The highest BCUT2D eigenvalue weighted by Gasteiger charge is 2.20. The van der Waals surface area contributed by atoms with Gasteiger partial charge >= 0.3 is 0 Å². The lowest BCUT2D eigenvalue weighted by molar-refractivity contribution is 0.0363. The Kier molecular flexibility index (Phi) is 4.06. The maximum atomic E-state index is 5.66. The molecule has 1 rings (SSSR count). The molecule has 0 unspecified atom stereocenters. The third-order valence-electron chi connectivity index (χ3n) is 2.81. The Morgan fingerprint density at radius 1 is 1.20 bits per heavy atom. The van der Waals surface area contributed by atoms with Gasteiger partial charge in [-0.05, 0) is 59.0 Å². The number of hydrogen-bond donors (Lipinski definition) is 1. The largest absolute Gasteiger partial charge is 0.474 e. The highest BCUT2D eigenvalue weighted by atomic mass is 16.5. The Hall–Kier alpha value is -0.660. The predicted octanol–water partition coefficient (Wildman–Crippen LogP) is 3.44. The number of ether oxygens (including phenoxy) is 1. The Bertz CT molecular complexity index is 209. The smallest absolute Gasteiger partial charge is 0.180 e. The van der Waals surface area contributed by atoms with Crippen LogP contribution in [0.3, 0.4) is 0 Å². The molecule has 0 atom stereocenters. The van der Waals surface area contributed by atoms with Crippen LogP contribution in [0.15, 0.2) is 12.5 Å². The molecule has 1 aliphatic rings. The van der Waals surface area contributed by atoms with Gasteiger partial charge in [-0.3, -0.25) is 0 Å². The van der Waals surface area contributed by atoms with Crippen molar-refractivity contribution in [2.75, 3.05) is 0 Å². The van der Waals surface area contributed by atoms with Crippen LogP contribution in [0.2, 0.25) is 0 Å². The standard InChI is InChI=1S/C13H25NO/c1-10-6-8-12(9-7-10)14-11(2)15-13(3,4)5/h10,12,14H,2,6-9H2,1,3-5H3. The van der Waals surface area contributed by atoms with E-state index >= 15 is 0 Å². The third-order valence-corrected chi connectivity index (χ3v) is 2.81. The first-order valence-corrected chi connectivity index (χ1v) is 6.01. The maximum Gasteiger partial charge on any atom is 0.180 e. The second-order valence-corrected chi connectivity index (χ2v) is 5.74. The molecule has 0 aromatic heterocycles. The molecule has 0 spiro atoms. The van der Waals surface area contributed by atoms with Crippen LogP contribution in [-0.2, 0) is 4.74 Å². The molecule has 15 heavy (non-hydrogen) atoms. The van der Waals surface area contributed by atoms with Gasteiger partial charge in [-0.1, -0.05) is 6.92 Å². The van der Waals surface area contributed by atoms with Gasteiger partial charge in [0.15, 0.2) is 5.88 Å². The van der Waals surface area contributed by atoms with Crippen molar-refractivity contribution in [1.82, 2.24) is 5.32 Å². The minimum Gasteiger partial charge on any atom is -0.474 e. The maximum absolute atomic E-state index is 5.66. The van der Waals surface area contributed by atoms with E-state index in [1.165, 1.54) is 25.7 Å². The van der Waals surface area contributed by atoms with Crippen molar-refractivity contribution >= 4 is 0 Å². The molecule has 0 aromatic rings. The van der Waals surface area contributed by atoms with Crippen molar-refractivity contribution in [1.29, 1.82) is 0 Å². The van der Waals surface area contributed by atoms with Crippen LogP contribution in [0.5, 0.6) is 0 Å². The van der Waals surface area contributed by atoms with E-state index in [0.29, 0.717) is 6.04 Å². The summed E-state index contributed by atoms with van der Waals surface area (Å²) in [5.74, 6) is 1.61. The molecule has 0 radical (unpaired) electrons. The van der Waals surface area contributed by atoms with E-state index in [1.807, 2.05) is 20.8 Å². The predicted molar refractivity (Wildman–Crippen MR) is 64.5 cm³/mol. The van der Waals surface area contributed by atoms with E-state index in [1.54, 1.807) is 0 Å². The molecule has 0 aliphatic heterocycles. The first-order valence-electron chi connectivity index (χ1n) is 6.01. The monoisotopic (exact) mass is 211 g/mol. The van der Waals surface area contributed by atoms with E-state index in [2.05, 4.69) is 18.8 Å². The van der Waals surface area contributed by atoms with Crippen LogP contribution in [0.25, 0.3) is 0 Å². The lowest BCUT2D eigenvalue weighted by Crippen LogP contribution is -2.35. The summed E-state index contributed by atoms with van der Waals surface area (Å²) in [5, 5.41) is 3.38. The summed E-state index contributed by atoms with van der Waals surface area (Å²) in [7, 11) is 0. The van der Waals surface area contributed by atoms with Crippen LogP contribution in [0.1, 0.15) is 53.4 Å². The summed E-state index contributed by atoms with van der Waals surface area (Å²) in [6, 6.07) is 0.566. The summed E-state index contributed by atoms with van der Waals surface area (Å²) in [4.78, 5) is 0. The minimum absolute atomic E-state index is 0.147. The summed E-state index contributed by atoms with van der Waals surface area (Å²) in [6.07, 6.45) is 5.13. The van der Waals surface area contributed by atoms with Crippen LogP contribution in [0.4, 0.5) is 0 Å². The van der Waals surface area contributed by atoms with E-state index in [-0.39, 0.29) is 5.60 Å². The normalized spacial score (nSPS) is 27.2. The average Bonchev–Trinajstić information content (AvgIpc) is 2.05. The summed E-state index contributed by atoms with van der Waals surface area (Å²) < 4.78 is 5.66. The van der Waals surface area contributed by atoms with Crippen LogP contribution in [0, 0.1) is 5.92 Å². The van der Waals surface area contributed by atoms with Crippen molar-refractivity contribution < 1.29 is 4.74 Å². The molecule has 0 aromatic carbocycles. The minimum atomic E-state index is -0.147. The lowest BCUT2D eigenvalue weighted by atomic mass is 9.87. The summed E-state index contributed by atoms with van der Waals surface area (Å²) in [5.41, 5.74) is -0.147. The quantitative estimate of drug-likeness (QED) is 0.722. The molecule has 0 heterocycles. The van der Waals surface area contributed by atoms with Gasteiger partial charge in [-0.2, -0.15) is 0 Å². The first-order chi connectivity index (χ1) is 6.87. The van der Waals surface area contributed by atoms with E-state index in [9.17, 15) is 0 Å². The van der Waals surface area contributed by atoms with Gasteiger partial charge in [0.25, 0.3) is 0 Å². The van der Waals surface area contributed by atoms with Crippen molar-refractivity contribution in [3.8, 4) is 0 Å². The van der Waals surface area contributed by atoms with Crippen molar-refractivity contribution in [2.45, 2.75) is 65.0 Å². The van der Waals surface area contributed by atoms with Gasteiger partial charge in [0.05, 0.1) is 0 Å². The highest BCUT2D eigenvalue weighted by molar-refractivity contribution is 4.88. The van der Waals surface area contributed by atoms with Crippen LogP contribution < -0.4 is 5.32 Å². The zero-order chi connectivity index (χ0) is 11.5. The number of rotatable bonds is 3. The Balaban J connectivity index is 2.27. The van der Waals surface area contributed by atoms with Gasteiger partial charge in [0.2, 0.25) is 0 Å². The van der Waals surface area contributed by atoms with Crippen LogP contribution >= 0.6 is 0 Å². The SMILES string of the molecule is C=C(NC1CCC(C)CC1)OC(C)(C)C. The van der Waals surface area contributed by atoms with Gasteiger partial charge in [-0.15, -0.1) is 0 Å². The zero-order valence-corrected chi connectivity index (χ0v) is 10.6. The molecule has 2 nitrogen and oxygen atoms in total. The second kappa shape index (κ2) is 4.91. The summed E-state index contributed by atoms with van der Waals surface area (Å²) in [6.45, 7) is 12.4. The van der Waals surface area contributed by atoms with Gasteiger partial charge in [0, 0.05) is 6.04 Å². The van der Waals surface area contributed by atoms with Gasteiger partial charge in [-0.25, -0.2) is 0 Å². The number of hydrogen-bond acceptors (Lipinski definition) is 2. The Labute approximate surface area is 94.1 Å². The topological polar surface area (TPSA) is 21.3 Å². The zero-order valence-electron chi connectivity index (χ0n) is 10.6. The molecule has 2 heteroatoms. The van der Waals surface area contributed by atoms with Crippen molar-refractivity contribution in [3.63, 3.8) is 0 Å². The molecular formula is C13H25NO. The van der Waals surface area contributed by atoms with Gasteiger partial charge < -0.3 is 10.1 Å². The highest BCUT2D eigenvalue weighted by Crippen LogP contribution is 2.24. The summed E-state index contributed by atoms with van der Waals surface area (Å²) >= 11 is 0. The molecule has 0 bridgehead atoms. The molecule has 1 N–H and O–H groups in total. The Morgan fingerprint density at radius 2 is 1.73 bits per heavy atom. The van der Waals surface area contributed by atoms with Crippen molar-refractivity contribution in [3.05, 3.63) is 12.5 Å². The molecule has 1 aliphatic carbocycles. The Morgan fingerprint density at radius 3 is 2.20 bits per heavy atom. The molecule has 1 fully saturated rings. The molecular weight excluding hydrogens is 186 g/mol. The van der Waals surface area contributed by atoms with Crippen LogP contribution in [-0.4, -0.2) is 11.6 Å². The third kappa shape index (κ3) is 5.10. The number of nitrogens with one attached hydrogen (secondary N) is 1. The first kappa shape index (κ1) is 12.4. The average molecular weight is 211 g/mol.